The van der Waals surface area contributed by atoms with Crippen molar-refractivity contribution in [3.8, 4) is 17.2 Å². The van der Waals surface area contributed by atoms with Gasteiger partial charge in [0.25, 0.3) is 0 Å². The minimum Gasteiger partial charge on any atom is -0.493 e. The number of benzene rings is 2. The van der Waals surface area contributed by atoms with Crippen molar-refractivity contribution < 1.29 is 27.4 Å². The molecular weight excluding hydrogens is 487 g/mol. The van der Waals surface area contributed by atoms with Gasteiger partial charge in [0.15, 0.2) is 17.3 Å². The molecule has 1 fully saturated rings. The molecule has 0 amide bonds. The highest BCUT2D eigenvalue weighted by molar-refractivity contribution is 5.92. The molecule has 0 radical (unpaired) electrons. The second-order valence-corrected chi connectivity index (χ2v) is 7.96. The third-order valence-electron chi connectivity index (χ3n) is 5.49. The second-order valence-electron chi connectivity index (χ2n) is 7.96. The number of hydrogen-bond acceptors (Lipinski definition) is 8. The lowest BCUT2D eigenvalue weighted by atomic mass is 10.1. The van der Waals surface area contributed by atoms with Crippen molar-refractivity contribution in [2.75, 3.05) is 38.7 Å². The van der Waals surface area contributed by atoms with E-state index in [4.69, 9.17) is 9.47 Å². The van der Waals surface area contributed by atoms with Gasteiger partial charge in [-0.15, -0.1) is 35.8 Å². The molecule has 8 nitrogen and oxygen atoms in total. The summed E-state index contributed by atoms with van der Waals surface area (Å²) in [6.07, 6.45) is -0.0728. The zero-order chi connectivity index (χ0) is 24.0. The molecule has 1 saturated heterocycles. The van der Waals surface area contributed by atoms with Crippen LogP contribution in [0.3, 0.4) is 0 Å². The van der Waals surface area contributed by atoms with Crippen molar-refractivity contribution in [2.45, 2.75) is 32.0 Å². The first kappa shape index (κ1) is 26.6. The van der Waals surface area contributed by atoms with Crippen LogP contribution < -0.4 is 19.5 Å². The Hall–Kier alpha value is -3.05. The predicted octanol–water partition coefficient (Wildman–Crippen LogP) is 5.35. The number of fused-ring (bicyclic) bond motifs is 1. The number of likely N-dealkylation sites (tertiary alicyclic amines) is 1. The summed E-state index contributed by atoms with van der Waals surface area (Å²) in [7, 11) is 1.54. The van der Waals surface area contributed by atoms with Crippen molar-refractivity contribution in [1.82, 2.24) is 20.3 Å². The normalized spacial score (nSPS) is 14.3. The number of aromatic nitrogens is 3. The Kier molecular flexibility index (Phi) is 9.16. The van der Waals surface area contributed by atoms with Crippen LogP contribution in [-0.2, 0) is 0 Å². The van der Waals surface area contributed by atoms with Gasteiger partial charge in [0.1, 0.15) is 11.3 Å². The zero-order valence-corrected chi connectivity index (χ0v) is 20.0. The van der Waals surface area contributed by atoms with E-state index in [0.29, 0.717) is 40.5 Å². The fourth-order valence-electron chi connectivity index (χ4n) is 3.92. The van der Waals surface area contributed by atoms with Crippen molar-refractivity contribution in [1.29, 1.82) is 0 Å². The molecule has 35 heavy (non-hydrogen) atoms. The molecule has 0 aliphatic carbocycles. The summed E-state index contributed by atoms with van der Waals surface area (Å²) < 4.78 is 53.0. The van der Waals surface area contributed by atoms with Crippen LogP contribution in [0.5, 0.6) is 17.2 Å². The third kappa shape index (κ3) is 7.46. The molecule has 4 rings (SSSR count). The van der Waals surface area contributed by atoms with Crippen LogP contribution in [0.25, 0.3) is 10.9 Å². The number of piperidine rings is 1. The van der Waals surface area contributed by atoms with Crippen molar-refractivity contribution >= 4 is 34.8 Å². The molecule has 0 atom stereocenters. The molecular formula is C23H27ClF3N5O3. The molecule has 0 unspecified atom stereocenters. The first-order valence-electron chi connectivity index (χ1n) is 11.1. The third-order valence-corrected chi connectivity index (χ3v) is 5.49. The average molecular weight is 514 g/mol. The Morgan fingerprint density at radius 3 is 2.57 bits per heavy atom. The maximum Gasteiger partial charge on any atom is 0.573 e. The van der Waals surface area contributed by atoms with Gasteiger partial charge >= 0.3 is 6.36 Å². The minimum atomic E-state index is -4.78. The monoisotopic (exact) mass is 513 g/mol. The molecule has 0 saturated carbocycles. The van der Waals surface area contributed by atoms with Crippen LogP contribution in [0.4, 0.5) is 24.7 Å². The zero-order valence-electron chi connectivity index (χ0n) is 19.2. The van der Waals surface area contributed by atoms with Gasteiger partial charge in [0, 0.05) is 24.4 Å². The molecule has 1 N–H and O–H groups in total. The highest BCUT2D eigenvalue weighted by Crippen LogP contribution is 2.35. The average Bonchev–Trinajstić information content (AvgIpc) is 2.81. The lowest BCUT2D eigenvalue weighted by Gasteiger charge is -2.26. The first-order valence-corrected chi connectivity index (χ1v) is 11.1. The molecule has 3 aromatic rings. The number of hydrogen-bond donors (Lipinski definition) is 1. The van der Waals surface area contributed by atoms with Gasteiger partial charge in [-0.3, -0.25) is 0 Å². The van der Waals surface area contributed by atoms with Gasteiger partial charge in [0.2, 0.25) is 0 Å². The Balaban J connectivity index is 0.00000342. The molecule has 0 spiro atoms. The van der Waals surface area contributed by atoms with E-state index >= 15 is 0 Å². The van der Waals surface area contributed by atoms with Gasteiger partial charge in [-0.1, -0.05) is 12.5 Å². The van der Waals surface area contributed by atoms with Crippen molar-refractivity contribution in [2.24, 2.45) is 0 Å². The van der Waals surface area contributed by atoms with Gasteiger partial charge in [0.05, 0.1) is 19.1 Å². The van der Waals surface area contributed by atoms with Crippen molar-refractivity contribution in [3.05, 3.63) is 36.4 Å². The summed E-state index contributed by atoms with van der Waals surface area (Å²) in [5, 5.41) is 15.4. The van der Waals surface area contributed by atoms with E-state index in [1.807, 2.05) is 0 Å². The smallest absolute Gasteiger partial charge is 0.493 e. The molecule has 190 valence electrons. The number of methoxy groups -OCH3 is 1. The van der Waals surface area contributed by atoms with Gasteiger partial charge in [-0.2, -0.15) is 0 Å². The summed E-state index contributed by atoms with van der Waals surface area (Å²) in [6, 6.07) is 8.91. The lowest BCUT2D eigenvalue weighted by molar-refractivity contribution is -0.274. The maximum absolute atomic E-state index is 12.5. The topological polar surface area (TPSA) is 81.6 Å². The van der Waals surface area contributed by atoms with Crippen LogP contribution in [-0.4, -0.2) is 60.0 Å². The SMILES string of the molecule is COc1cc2c(Nc3cccc(OC(F)(F)F)c3)nnnc2cc1OCCCN1CCCCC1.Cl. The quantitative estimate of drug-likeness (QED) is 0.383. The molecule has 2 aromatic carbocycles. The van der Waals surface area contributed by atoms with E-state index in [2.05, 4.69) is 30.4 Å². The van der Waals surface area contributed by atoms with E-state index in [1.165, 1.54) is 44.6 Å². The lowest BCUT2D eigenvalue weighted by Crippen LogP contribution is -2.31. The molecule has 2 heterocycles. The van der Waals surface area contributed by atoms with Crippen LogP contribution in [0.1, 0.15) is 25.7 Å². The van der Waals surface area contributed by atoms with Crippen LogP contribution in [0, 0.1) is 0 Å². The number of ether oxygens (including phenoxy) is 3. The second kappa shape index (κ2) is 12.1. The van der Waals surface area contributed by atoms with E-state index in [1.54, 1.807) is 18.2 Å². The number of nitrogens with zero attached hydrogens (tertiary/aromatic N) is 4. The summed E-state index contributed by atoms with van der Waals surface area (Å²) in [5.41, 5.74) is 0.854. The number of rotatable bonds is 9. The van der Waals surface area contributed by atoms with Crippen molar-refractivity contribution in [3.63, 3.8) is 0 Å². The Labute approximate surface area is 207 Å². The maximum atomic E-state index is 12.5. The Morgan fingerprint density at radius 1 is 1.03 bits per heavy atom. The summed E-state index contributed by atoms with van der Waals surface area (Å²) in [4.78, 5) is 2.45. The van der Waals surface area contributed by atoms with E-state index in [0.717, 1.165) is 26.1 Å². The first-order chi connectivity index (χ1) is 16.4. The number of anilines is 2. The van der Waals surface area contributed by atoms with Gasteiger partial charge in [-0.05, 0) is 55.8 Å². The molecule has 12 heteroatoms. The molecule has 1 aliphatic rings. The highest BCUT2D eigenvalue weighted by atomic mass is 35.5. The summed E-state index contributed by atoms with van der Waals surface area (Å²) in [5.74, 6) is 1.00. The molecule has 1 aliphatic heterocycles. The standard InChI is InChI=1S/C23H26F3N5O3.ClH/c1-32-20-14-18-19(15-21(20)33-12-6-11-31-9-3-2-4-10-31)28-30-29-22(18)27-16-7-5-8-17(13-16)34-23(24,25)26;/h5,7-8,13-15H,2-4,6,9-12H2,1H3,(H,27,28,29);1H. The van der Waals surface area contributed by atoms with Crippen LogP contribution >= 0.6 is 12.4 Å². The summed E-state index contributed by atoms with van der Waals surface area (Å²) >= 11 is 0. The van der Waals surface area contributed by atoms with E-state index in [-0.39, 0.29) is 18.2 Å². The van der Waals surface area contributed by atoms with Gasteiger partial charge < -0.3 is 24.4 Å². The highest BCUT2D eigenvalue weighted by Gasteiger charge is 2.31. The largest absolute Gasteiger partial charge is 0.573 e. The van der Waals surface area contributed by atoms with E-state index in [9.17, 15) is 13.2 Å². The Morgan fingerprint density at radius 2 is 1.83 bits per heavy atom. The van der Waals surface area contributed by atoms with Crippen LogP contribution in [0.2, 0.25) is 0 Å². The Bertz CT molecular complexity index is 1110. The number of alkyl halides is 3. The van der Waals surface area contributed by atoms with E-state index < -0.39 is 6.36 Å². The predicted molar refractivity (Wildman–Crippen MR) is 128 cm³/mol. The van der Waals surface area contributed by atoms with Gasteiger partial charge in [-0.25, -0.2) is 0 Å². The fourth-order valence-corrected chi connectivity index (χ4v) is 3.92. The fraction of sp³-hybridized carbons (Fsp3) is 0.435. The van der Waals surface area contributed by atoms with Crippen LogP contribution in [0.15, 0.2) is 36.4 Å². The summed E-state index contributed by atoms with van der Waals surface area (Å²) in [6.45, 7) is 3.81. The molecule has 0 bridgehead atoms. The number of halogens is 4. The molecule has 1 aromatic heterocycles. The minimum absolute atomic E-state index is 0. The number of nitrogens with one attached hydrogen (secondary N) is 1.